The number of hydrogen-bond acceptors (Lipinski definition) is 5. The molecule has 1 heterocycles. The third kappa shape index (κ3) is 4.06. The van der Waals surface area contributed by atoms with Crippen molar-refractivity contribution in [2.75, 3.05) is 5.32 Å². The van der Waals surface area contributed by atoms with Crippen LogP contribution in [0, 0.1) is 0 Å². The summed E-state index contributed by atoms with van der Waals surface area (Å²) >= 11 is 5.73. The predicted molar refractivity (Wildman–Crippen MR) is 68.8 cm³/mol. The van der Waals surface area contributed by atoms with Gasteiger partial charge in [-0.3, -0.25) is 4.79 Å². The zero-order chi connectivity index (χ0) is 15.5. The lowest BCUT2D eigenvalue weighted by atomic mass is 10.3. The molecule has 2 rings (SSSR count). The van der Waals surface area contributed by atoms with Gasteiger partial charge in [0.1, 0.15) is 23.0 Å². The highest BCUT2D eigenvalue weighted by atomic mass is 35.5. The Balaban J connectivity index is 2.18. The number of aldehydes is 1. The summed E-state index contributed by atoms with van der Waals surface area (Å²) in [5.74, 6) is -0.209. The summed E-state index contributed by atoms with van der Waals surface area (Å²) in [7, 11) is 0. The van der Waals surface area contributed by atoms with E-state index < -0.39 is 6.36 Å². The van der Waals surface area contributed by atoms with Crippen LogP contribution in [0.2, 0.25) is 5.15 Å². The molecule has 0 aliphatic heterocycles. The van der Waals surface area contributed by atoms with Crippen LogP contribution in [-0.4, -0.2) is 22.6 Å². The van der Waals surface area contributed by atoms with E-state index in [1.165, 1.54) is 12.1 Å². The van der Waals surface area contributed by atoms with Gasteiger partial charge in [-0.1, -0.05) is 11.6 Å². The highest BCUT2D eigenvalue weighted by molar-refractivity contribution is 6.32. The van der Waals surface area contributed by atoms with Crippen LogP contribution in [0.1, 0.15) is 10.4 Å². The van der Waals surface area contributed by atoms with Gasteiger partial charge in [0.05, 0.1) is 5.56 Å². The third-order valence-electron chi connectivity index (χ3n) is 2.30. The molecule has 0 aliphatic rings. The molecular formula is C12H7ClF3N3O2. The Morgan fingerprint density at radius 3 is 2.43 bits per heavy atom. The molecule has 0 fully saturated rings. The number of carbonyl (C=O) groups is 1. The van der Waals surface area contributed by atoms with Gasteiger partial charge in [-0.25, -0.2) is 9.97 Å². The SMILES string of the molecule is O=Cc1c(Cl)ncnc1Nc1ccc(OC(F)(F)F)cc1. The van der Waals surface area contributed by atoms with Gasteiger partial charge in [-0.15, -0.1) is 13.2 Å². The van der Waals surface area contributed by atoms with Crippen molar-refractivity contribution in [1.82, 2.24) is 9.97 Å². The highest BCUT2D eigenvalue weighted by Crippen LogP contribution is 2.26. The Labute approximate surface area is 121 Å². The Kier molecular flexibility index (Phi) is 4.27. The molecular weight excluding hydrogens is 311 g/mol. The van der Waals surface area contributed by atoms with Gasteiger partial charge >= 0.3 is 6.36 Å². The molecule has 9 heteroatoms. The molecule has 0 amide bonds. The molecule has 0 bridgehead atoms. The van der Waals surface area contributed by atoms with E-state index in [4.69, 9.17) is 11.6 Å². The fourth-order valence-corrected chi connectivity index (χ4v) is 1.63. The first-order valence-electron chi connectivity index (χ1n) is 5.47. The van der Waals surface area contributed by atoms with E-state index in [-0.39, 0.29) is 22.3 Å². The molecule has 1 aromatic heterocycles. The Morgan fingerprint density at radius 2 is 1.86 bits per heavy atom. The second kappa shape index (κ2) is 5.96. The zero-order valence-corrected chi connectivity index (χ0v) is 10.9. The number of ether oxygens (including phenoxy) is 1. The van der Waals surface area contributed by atoms with E-state index in [0.717, 1.165) is 18.5 Å². The van der Waals surface area contributed by atoms with Crippen molar-refractivity contribution in [1.29, 1.82) is 0 Å². The summed E-state index contributed by atoms with van der Waals surface area (Å²) in [5, 5.41) is 2.72. The van der Waals surface area contributed by atoms with E-state index in [9.17, 15) is 18.0 Å². The molecule has 1 aromatic carbocycles. The number of halogens is 4. The number of nitrogens with zero attached hydrogens (tertiary/aromatic N) is 2. The maximum atomic E-state index is 12.0. The molecule has 2 aromatic rings. The van der Waals surface area contributed by atoms with Gasteiger partial charge < -0.3 is 10.1 Å². The Bertz CT molecular complexity index is 647. The van der Waals surface area contributed by atoms with Gasteiger partial charge in [0.2, 0.25) is 0 Å². The minimum absolute atomic E-state index is 0.0282. The summed E-state index contributed by atoms with van der Waals surface area (Å²) < 4.78 is 39.8. The van der Waals surface area contributed by atoms with Crippen LogP contribution in [0.25, 0.3) is 0 Å². The third-order valence-corrected chi connectivity index (χ3v) is 2.60. The van der Waals surface area contributed by atoms with Crippen LogP contribution in [0.15, 0.2) is 30.6 Å². The van der Waals surface area contributed by atoms with Gasteiger partial charge in [-0.2, -0.15) is 0 Å². The zero-order valence-electron chi connectivity index (χ0n) is 10.2. The largest absolute Gasteiger partial charge is 0.573 e. The Morgan fingerprint density at radius 1 is 1.19 bits per heavy atom. The number of anilines is 2. The molecule has 110 valence electrons. The van der Waals surface area contributed by atoms with Crippen LogP contribution in [0.4, 0.5) is 24.7 Å². The van der Waals surface area contributed by atoms with E-state index >= 15 is 0 Å². The van der Waals surface area contributed by atoms with Crippen LogP contribution >= 0.6 is 11.6 Å². The van der Waals surface area contributed by atoms with Crippen molar-refractivity contribution in [3.8, 4) is 5.75 Å². The molecule has 21 heavy (non-hydrogen) atoms. The lowest BCUT2D eigenvalue weighted by Crippen LogP contribution is -2.17. The summed E-state index contributed by atoms with van der Waals surface area (Å²) in [5.41, 5.74) is 0.456. The van der Waals surface area contributed by atoms with Crippen molar-refractivity contribution in [2.24, 2.45) is 0 Å². The van der Waals surface area contributed by atoms with Gasteiger partial charge in [0.15, 0.2) is 6.29 Å². The van der Waals surface area contributed by atoms with E-state index in [1.807, 2.05) is 0 Å². The first kappa shape index (κ1) is 15.0. The molecule has 0 radical (unpaired) electrons. The number of hydrogen-bond donors (Lipinski definition) is 1. The predicted octanol–water partition coefficient (Wildman–Crippen LogP) is 3.58. The van der Waals surface area contributed by atoms with Crippen molar-refractivity contribution >= 4 is 29.4 Å². The van der Waals surface area contributed by atoms with Crippen LogP contribution in [-0.2, 0) is 0 Å². The molecule has 0 spiro atoms. The molecule has 1 N–H and O–H groups in total. The second-order valence-electron chi connectivity index (χ2n) is 3.74. The van der Waals surface area contributed by atoms with E-state index in [2.05, 4.69) is 20.0 Å². The lowest BCUT2D eigenvalue weighted by molar-refractivity contribution is -0.274. The van der Waals surface area contributed by atoms with E-state index in [0.29, 0.717) is 12.0 Å². The normalized spacial score (nSPS) is 11.0. The average molecular weight is 318 g/mol. The number of rotatable bonds is 4. The highest BCUT2D eigenvalue weighted by Gasteiger charge is 2.30. The summed E-state index contributed by atoms with van der Waals surface area (Å²) in [4.78, 5) is 18.4. The van der Waals surface area contributed by atoms with Crippen molar-refractivity contribution in [3.63, 3.8) is 0 Å². The minimum atomic E-state index is -4.75. The molecule has 5 nitrogen and oxygen atoms in total. The van der Waals surface area contributed by atoms with E-state index in [1.54, 1.807) is 0 Å². The first-order valence-corrected chi connectivity index (χ1v) is 5.85. The number of nitrogens with one attached hydrogen (secondary N) is 1. The van der Waals surface area contributed by atoms with Crippen molar-refractivity contribution in [2.45, 2.75) is 6.36 Å². The molecule has 0 unspecified atom stereocenters. The smallest absolute Gasteiger partial charge is 0.406 e. The molecule has 0 saturated heterocycles. The quantitative estimate of drug-likeness (QED) is 0.689. The van der Waals surface area contributed by atoms with Crippen molar-refractivity contribution < 1.29 is 22.7 Å². The molecule has 0 saturated carbocycles. The second-order valence-corrected chi connectivity index (χ2v) is 4.10. The summed E-state index contributed by atoms with van der Waals surface area (Å²) in [6, 6.07) is 4.93. The first-order chi connectivity index (χ1) is 9.89. The number of carbonyl (C=O) groups excluding carboxylic acids is 1. The number of aromatic nitrogens is 2. The van der Waals surface area contributed by atoms with Gasteiger partial charge in [-0.05, 0) is 24.3 Å². The Hall–Kier alpha value is -2.35. The summed E-state index contributed by atoms with van der Waals surface area (Å²) in [6.45, 7) is 0. The topological polar surface area (TPSA) is 64.1 Å². The van der Waals surface area contributed by atoms with Crippen LogP contribution in [0.5, 0.6) is 5.75 Å². The fraction of sp³-hybridized carbons (Fsp3) is 0.0833. The van der Waals surface area contributed by atoms with Gasteiger partial charge in [0.25, 0.3) is 0 Å². The maximum absolute atomic E-state index is 12.0. The average Bonchev–Trinajstić information content (AvgIpc) is 2.40. The standard InChI is InChI=1S/C12H7ClF3N3O2/c13-10-9(5-20)11(18-6-17-10)19-7-1-3-8(4-2-7)21-12(14,15)16/h1-6H,(H,17,18,19). The molecule has 0 atom stereocenters. The van der Waals surface area contributed by atoms with Crippen molar-refractivity contribution in [3.05, 3.63) is 41.3 Å². The molecule has 0 aliphatic carbocycles. The minimum Gasteiger partial charge on any atom is -0.406 e. The number of benzene rings is 1. The number of alkyl halides is 3. The van der Waals surface area contributed by atoms with Crippen LogP contribution in [0.3, 0.4) is 0 Å². The lowest BCUT2D eigenvalue weighted by Gasteiger charge is -2.11. The maximum Gasteiger partial charge on any atom is 0.573 e. The van der Waals surface area contributed by atoms with Gasteiger partial charge in [0, 0.05) is 5.69 Å². The van der Waals surface area contributed by atoms with Crippen LogP contribution < -0.4 is 10.1 Å². The fourth-order valence-electron chi connectivity index (χ4n) is 1.45. The monoisotopic (exact) mass is 317 g/mol. The summed E-state index contributed by atoms with van der Waals surface area (Å²) in [6.07, 6.45) is -3.12.